The Kier molecular flexibility index (Phi) is 5.56. The van der Waals surface area contributed by atoms with E-state index in [1.165, 1.54) is 4.80 Å². The topological polar surface area (TPSA) is 115 Å². The van der Waals surface area contributed by atoms with E-state index in [0.29, 0.717) is 40.1 Å². The van der Waals surface area contributed by atoms with Gasteiger partial charge in [-0.05, 0) is 48.9 Å². The number of hydrogen-bond donors (Lipinski definition) is 1. The number of furan rings is 1. The SMILES string of the molecule is Cc1c(C#N)c(NC(=O)Cn2nnc(-c3cccc(Cl)c3)n2)n(Cc2ccco2)c1C. The molecule has 4 aromatic rings. The first-order chi connectivity index (χ1) is 15.0. The molecule has 31 heavy (non-hydrogen) atoms. The van der Waals surface area contributed by atoms with Crippen LogP contribution in [0.25, 0.3) is 11.4 Å². The largest absolute Gasteiger partial charge is 0.467 e. The van der Waals surface area contributed by atoms with Crippen LogP contribution >= 0.6 is 11.6 Å². The predicted molar refractivity (Wildman–Crippen MR) is 113 cm³/mol. The lowest BCUT2D eigenvalue weighted by atomic mass is 10.2. The zero-order chi connectivity index (χ0) is 22.0. The van der Waals surface area contributed by atoms with Gasteiger partial charge in [0.25, 0.3) is 0 Å². The lowest BCUT2D eigenvalue weighted by Crippen LogP contribution is -2.23. The Morgan fingerprint density at radius 3 is 2.84 bits per heavy atom. The lowest BCUT2D eigenvalue weighted by Gasteiger charge is -2.11. The minimum absolute atomic E-state index is 0.164. The van der Waals surface area contributed by atoms with Crippen molar-refractivity contribution in [3.05, 3.63) is 70.3 Å². The van der Waals surface area contributed by atoms with E-state index in [9.17, 15) is 10.1 Å². The van der Waals surface area contributed by atoms with Gasteiger partial charge in [-0.15, -0.1) is 10.2 Å². The number of amides is 1. The van der Waals surface area contributed by atoms with Crippen LogP contribution in [0.3, 0.4) is 0 Å². The van der Waals surface area contributed by atoms with E-state index in [4.69, 9.17) is 16.0 Å². The smallest absolute Gasteiger partial charge is 0.249 e. The van der Waals surface area contributed by atoms with Gasteiger partial charge in [-0.1, -0.05) is 23.7 Å². The minimum atomic E-state index is -0.385. The second-order valence-corrected chi connectivity index (χ2v) is 7.35. The van der Waals surface area contributed by atoms with Crippen molar-refractivity contribution in [1.82, 2.24) is 24.8 Å². The number of aromatic nitrogens is 5. The molecule has 0 aliphatic carbocycles. The number of nitrogens with one attached hydrogen (secondary N) is 1. The van der Waals surface area contributed by atoms with Crippen LogP contribution in [0, 0.1) is 25.2 Å². The first kappa shape index (κ1) is 20.4. The second-order valence-electron chi connectivity index (χ2n) is 6.91. The molecule has 0 fully saturated rings. The van der Waals surface area contributed by atoms with Crippen molar-refractivity contribution in [3.63, 3.8) is 0 Å². The molecule has 0 radical (unpaired) electrons. The molecule has 1 N–H and O–H groups in total. The first-order valence-electron chi connectivity index (χ1n) is 9.42. The molecule has 0 aliphatic rings. The van der Waals surface area contributed by atoms with Crippen LogP contribution in [0.5, 0.6) is 0 Å². The second kappa shape index (κ2) is 8.45. The number of benzene rings is 1. The number of nitriles is 1. The molecular weight excluding hydrogens is 418 g/mol. The van der Waals surface area contributed by atoms with Crippen LogP contribution in [-0.4, -0.2) is 30.7 Å². The Bertz CT molecular complexity index is 1280. The van der Waals surface area contributed by atoms with Crippen molar-refractivity contribution >= 4 is 23.3 Å². The van der Waals surface area contributed by atoms with Crippen molar-refractivity contribution in [2.24, 2.45) is 0 Å². The Morgan fingerprint density at radius 2 is 2.13 bits per heavy atom. The van der Waals surface area contributed by atoms with Gasteiger partial charge in [-0.25, -0.2) is 0 Å². The van der Waals surface area contributed by atoms with Gasteiger partial charge in [0, 0.05) is 16.3 Å². The minimum Gasteiger partial charge on any atom is -0.467 e. The van der Waals surface area contributed by atoms with Gasteiger partial charge in [-0.3, -0.25) is 4.79 Å². The summed E-state index contributed by atoms with van der Waals surface area (Å²) in [4.78, 5) is 13.9. The van der Waals surface area contributed by atoms with Gasteiger partial charge in [0.15, 0.2) is 0 Å². The number of carbonyl (C=O) groups excluding carboxylic acids is 1. The fourth-order valence-corrected chi connectivity index (χ4v) is 3.43. The van der Waals surface area contributed by atoms with Gasteiger partial charge < -0.3 is 14.3 Å². The standard InChI is InChI=1S/C21H18ClN7O2/c1-13-14(2)28(11-17-7-4-8-31-17)21(18(13)10-23)24-19(30)12-29-26-20(25-27-29)15-5-3-6-16(22)9-15/h3-9H,11-12H2,1-2H3,(H,24,30). The number of nitrogens with zero attached hydrogens (tertiary/aromatic N) is 6. The summed E-state index contributed by atoms with van der Waals surface area (Å²) in [7, 11) is 0. The molecule has 0 atom stereocenters. The van der Waals surface area contributed by atoms with Crippen molar-refractivity contribution in [3.8, 4) is 17.5 Å². The molecule has 0 saturated carbocycles. The van der Waals surface area contributed by atoms with Gasteiger partial charge in [0.2, 0.25) is 11.7 Å². The number of anilines is 1. The van der Waals surface area contributed by atoms with Crippen LogP contribution in [0.4, 0.5) is 5.82 Å². The molecule has 0 spiro atoms. The quantitative estimate of drug-likeness (QED) is 0.495. The highest BCUT2D eigenvalue weighted by Crippen LogP contribution is 2.27. The zero-order valence-corrected chi connectivity index (χ0v) is 17.6. The average molecular weight is 436 g/mol. The van der Waals surface area contributed by atoms with Crippen LogP contribution in [0.1, 0.15) is 22.6 Å². The number of halogens is 1. The van der Waals surface area contributed by atoms with Crippen LogP contribution in [0.15, 0.2) is 47.1 Å². The Balaban J connectivity index is 1.55. The third-order valence-electron chi connectivity index (χ3n) is 4.91. The third-order valence-corrected chi connectivity index (χ3v) is 5.15. The van der Waals surface area contributed by atoms with Crippen molar-refractivity contribution in [2.45, 2.75) is 26.9 Å². The molecule has 1 aromatic carbocycles. The van der Waals surface area contributed by atoms with Gasteiger partial charge in [-0.2, -0.15) is 10.1 Å². The van der Waals surface area contributed by atoms with Crippen LogP contribution in [0.2, 0.25) is 5.02 Å². The van der Waals surface area contributed by atoms with Crippen LogP contribution < -0.4 is 5.32 Å². The molecule has 0 aliphatic heterocycles. The summed E-state index contributed by atoms with van der Waals surface area (Å²) < 4.78 is 7.27. The molecule has 1 amide bonds. The summed E-state index contributed by atoms with van der Waals surface area (Å²) in [6.45, 7) is 3.96. The molecule has 3 aromatic heterocycles. The van der Waals surface area contributed by atoms with Crippen LogP contribution in [-0.2, 0) is 17.9 Å². The Labute approximate surface area is 182 Å². The lowest BCUT2D eigenvalue weighted by molar-refractivity contribution is -0.117. The predicted octanol–water partition coefficient (Wildman–Crippen LogP) is 3.56. The van der Waals surface area contributed by atoms with Crippen molar-refractivity contribution < 1.29 is 9.21 Å². The van der Waals surface area contributed by atoms with E-state index in [2.05, 4.69) is 26.8 Å². The summed E-state index contributed by atoms with van der Waals surface area (Å²) in [6, 6.07) is 12.9. The first-order valence-corrected chi connectivity index (χ1v) is 9.80. The highest BCUT2D eigenvalue weighted by Gasteiger charge is 2.21. The summed E-state index contributed by atoms with van der Waals surface area (Å²) >= 11 is 6.00. The third kappa shape index (κ3) is 4.20. The average Bonchev–Trinajstić information content (AvgIpc) is 3.47. The van der Waals surface area contributed by atoms with Gasteiger partial charge in [0.1, 0.15) is 24.2 Å². The monoisotopic (exact) mass is 435 g/mol. The van der Waals surface area contributed by atoms with E-state index in [1.54, 1.807) is 36.6 Å². The fourth-order valence-electron chi connectivity index (χ4n) is 3.24. The highest BCUT2D eigenvalue weighted by molar-refractivity contribution is 6.30. The Hall–Kier alpha value is -3.90. The fraction of sp³-hybridized carbons (Fsp3) is 0.190. The number of carbonyl (C=O) groups is 1. The normalized spacial score (nSPS) is 10.8. The molecule has 9 nitrogen and oxygen atoms in total. The van der Waals surface area contributed by atoms with E-state index in [1.807, 2.05) is 24.5 Å². The number of hydrogen-bond acceptors (Lipinski definition) is 6. The summed E-state index contributed by atoms with van der Waals surface area (Å²) in [5.41, 5.74) is 2.77. The maximum Gasteiger partial charge on any atom is 0.249 e. The van der Waals surface area contributed by atoms with Crippen molar-refractivity contribution in [2.75, 3.05) is 5.32 Å². The van der Waals surface area contributed by atoms with E-state index >= 15 is 0 Å². The summed E-state index contributed by atoms with van der Waals surface area (Å²) in [5, 5.41) is 25.2. The molecule has 4 rings (SSSR count). The molecule has 0 unspecified atom stereocenters. The van der Waals surface area contributed by atoms with E-state index in [-0.39, 0.29) is 12.5 Å². The molecule has 0 saturated heterocycles. The highest BCUT2D eigenvalue weighted by atomic mass is 35.5. The maximum absolute atomic E-state index is 12.7. The summed E-state index contributed by atoms with van der Waals surface area (Å²) in [6.07, 6.45) is 1.58. The molecule has 156 valence electrons. The molecule has 3 heterocycles. The van der Waals surface area contributed by atoms with Gasteiger partial charge >= 0.3 is 0 Å². The number of rotatable bonds is 6. The summed E-state index contributed by atoms with van der Waals surface area (Å²) in [5.74, 6) is 1.10. The molecule has 0 bridgehead atoms. The van der Waals surface area contributed by atoms with Crippen molar-refractivity contribution in [1.29, 1.82) is 5.26 Å². The molecule has 10 heteroatoms. The van der Waals surface area contributed by atoms with Gasteiger partial charge in [0.05, 0.1) is 18.4 Å². The zero-order valence-electron chi connectivity index (χ0n) is 16.8. The van der Waals surface area contributed by atoms with E-state index in [0.717, 1.165) is 11.3 Å². The molecular formula is C21H18ClN7O2. The number of tetrazole rings is 1. The maximum atomic E-state index is 12.7. The Morgan fingerprint density at radius 1 is 1.29 bits per heavy atom. The van der Waals surface area contributed by atoms with E-state index < -0.39 is 0 Å².